The van der Waals surface area contributed by atoms with Crippen LogP contribution < -0.4 is 0 Å². The SMILES string of the molecule is c1ccc2c(c1)-c1ccccc1C21c2cc(-c3ccc4sc5ccccc5c4c3)ccc2-c2c(-c3ccc4sc5ccccc5c4c3)cc3ccccc3c21. The first-order valence-corrected chi connectivity index (χ1v) is 20.6. The molecular weight excluding hydrogens is 701 g/mol. The highest BCUT2D eigenvalue weighted by molar-refractivity contribution is 7.26. The molecule has 2 heteroatoms. The Morgan fingerprint density at radius 3 is 1.51 bits per heavy atom. The van der Waals surface area contributed by atoms with E-state index >= 15 is 0 Å². The van der Waals surface area contributed by atoms with Gasteiger partial charge in [-0.3, -0.25) is 0 Å². The number of rotatable bonds is 2. The summed E-state index contributed by atoms with van der Waals surface area (Å²) in [6, 6.07) is 69.1. The molecule has 0 amide bonds. The smallest absolute Gasteiger partial charge is 0.0731 e. The summed E-state index contributed by atoms with van der Waals surface area (Å²) in [6.45, 7) is 0. The van der Waals surface area contributed by atoms with Crippen molar-refractivity contribution in [3.8, 4) is 44.5 Å². The summed E-state index contributed by atoms with van der Waals surface area (Å²) in [5.74, 6) is 0. The first-order valence-electron chi connectivity index (χ1n) is 19.0. The van der Waals surface area contributed by atoms with Gasteiger partial charge in [-0.1, -0.05) is 133 Å². The van der Waals surface area contributed by atoms with Gasteiger partial charge in [0.15, 0.2) is 0 Å². The standard InChI is InChI=1S/C53H30S2/c1-2-12-35-33(11-1)28-41(34-23-26-50-43(29-34)39-16-6-10-20-48(39)55-50)51-40-24-21-32(31-22-25-49-42(27-31)38-15-5-9-19-47(38)54-49)30-46(40)53(52(35)51)44-17-7-3-13-36(44)37-14-4-8-18-45(37)53/h1-30H. The maximum absolute atomic E-state index is 2.54. The van der Waals surface area contributed by atoms with E-state index in [1.165, 1.54) is 118 Å². The van der Waals surface area contributed by atoms with Gasteiger partial charge in [-0.05, 0) is 126 Å². The predicted molar refractivity (Wildman–Crippen MR) is 237 cm³/mol. The Hall–Kier alpha value is -6.32. The van der Waals surface area contributed by atoms with Gasteiger partial charge in [-0.15, -0.1) is 22.7 Å². The van der Waals surface area contributed by atoms with Gasteiger partial charge in [0.05, 0.1) is 5.41 Å². The van der Waals surface area contributed by atoms with Crippen LogP contribution in [-0.4, -0.2) is 0 Å². The lowest BCUT2D eigenvalue weighted by molar-refractivity contribution is 0.802. The van der Waals surface area contributed by atoms with E-state index in [1.54, 1.807) is 0 Å². The zero-order valence-corrected chi connectivity index (χ0v) is 31.3. The summed E-state index contributed by atoms with van der Waals surface area (Å²) in [7, 11) is 0. The number of hydrogen-bond acceptors (Lipinski definition) is 2. The van der Waals surface area contributed by atoms with Crippen LogP contribution in [0.4, 0.5) is 0 Å². The van der Waals surface area contributed by atoms with Crippen molar-refractivity contribution in [1.82, 2.24) is 0 Å². The van der Waals surface area contributed by atoms with Crippen molar-refractivity contribution in [1.29, 1.82) is 0 Å². The lowest BCUT2D eigenvalue weighted by Crippen LogP contribution is -2.26. The lowest BCUT2D eigenvalue weighted by atomic mass is 9.69. The molecule has 2 aliphatic carbocycles. The van der Waals surface area contributed by atoms with Crippen molar-refractivity contribution in [3.05, 3.63) is 204 Å². The molecule has 0 bridgehead atoms. The molecule has 2 aliphatic rings. The van der Waals surface area contributed by atoms with Crippen molar-refractivity contribution in [2.75, 3.05) is 0 Å². The normalized spacial score (nSPS) is 13.6. The molecule has 0 radical (unpaired) electrons. The molecule has 55 heavy (non-hydrogen) atoms. The Kier molecular flexibility index (Phi) is 5.95. The zero-order chi connectivity index (χ0) is 35.8. The quantitative estimate of drug-likeness (QED) is 0.166. The third-order valence-corrected chi connectivity index (χ3v) is 14.8. The largest absolute Gasteiger partial charge is 0.135 e. The summed E-state index contributed by atoms with van der Waals surface area (Å²) < 4.78 is 5.34. The second-order valence-electron chi connectivity index (χ2n) is 15.1. The lowest BCUT2D eigenvalue weighted by Gasteiger charge is -2.32. The Bertz CT molecular complexity index is 3400. The van der Waals surface area contributed by atoms with Crippen LogP contribution in [0.15, 0.2) is 182 Å². The van der Waals surface area contributed by atoms with Crippen molar-refractivity contribution < 1.29 is 0 Å². The second kappa shape index (κ2) is 10.9. The topological polar surface area (TPSA) is 0 Å². The maximum atomic E-state index is 2.54. The van der Waals surface area contributed by atoms with Gasteiger partial charge in [0, 0.05) is 40.3 Å². The van der Waals surface area contributed by atoms with E-state index in [0.717, 1.165) is 0 Å². The summed E-state index contributed by atoms with van der Waals surface area (Å²) in [6.07, 6.45) is 0. The van der Waals surface area contributed by atoms with Crippen molar-refractivity contribution in [2.24, 2.45) is 0 Å². The molecule has 0 aliphatic heterocycles. The van der Waals surface area contributed by atoms with Crippen LogP contribution in [0.1, 0.15) is 22.3 Å². The van der Waals surface area contributed by atoms with Gasteiger partial charge in [-0.25, -0.2) is 0 Å². The average molecular weight is 731 g/mol. The third-order valence-electron chi connectivity index (χ3n) is 12.5. The molecule has 9 aromatic carbocycles. The predicted octanol–water partition coefficient (Wildman–Crippen LogP) is 15.3. The fraction of sp³-hybridized carbons (Fsp3) is 0.0189. The highest BCUT2D eigenvalue weighted by Crippen LogP contribution is 2.66. The molecule has 13 rings (SSSR count). The van der Waals surface area contributed by atoms with Crippen LogP contribution >= 0.6 is 22.7 Å². The summed E-state index contributed by atoms with van der Waals surface area (Å²) in [5, 5.41) is 7.92. The molecule has 0 nitrogen and oxygen atoms in total. The van der Waals surface area contributed by atoms with Crippen LogP contribution in [0.2, 0.25) is 0 Å². The highest BCUT2D eigenvalue weighted by atomic mass is 32.1. The fourth-order valence-corrected chi connectivity index (χ4v) is 12.4. The van der Waals surface area contributed by atoms with Crippen LogP contribution in [0.5, 0.6) is 0 Å². The summed E-state index contributed by atoms with van der Waals surface area (Å²) >= 11 is 3.76. The first kappa shape index (κ1) is 30.1. The molecule has 0 saturated heterocycles. The van der Waals surface area contributed by atoms with E-state index in [1.807, 2.05) is 22.7 Å². The molecule has 0 N–H and O–H groups in total. The van der Waals surface area contributed by atoms with E-state index in [-0.39, 0.29) is 0 Å². The number of hydrogen-bond donors (Lipinski definition) is 0. The number of fused-ring (bicyclic) bond motifs is 18. The zero-order valence-electron chi connectivity index (χ0n) is 29.6. The monoisotopic (exact) mass is 730 g/mol. The third kappa shape index (κ3) is 3.90. The van der Waals surface area contributed by atoms with E-state index in [4.69, 9.17) is 0 Å². The summed E-state index contributed by atoms with van der Waals surface area (Å²) in [5.41, 5.74) is 15.4. The number of benzene rings is 9. The van der Waals surface area contributed by atoms with Crippen molar-refractivity contribution >= 4 is 73.8 Å². The van der Waals surface area contributed by atoms with Crippen LogP contribution in [-0.2, 0) is 5.41 Å². The molecule has 2 aromatic heterocycles. The highest BCUT2D eigenvalue weighted by Gasteiger charge is 2.53. The Balaban J connectivity index is 1.16. The minimum atomic E-state index is -0.484. The van der Waals surface area contributed by atoms with Gasteiger partial charge in [0.2, 0.25) is 0 Å². The second-order valence-corrected chi connectivity index (χ2v) is 17.3. The number of thiophene rings is 2. The molecule has 0 unspecified atom stereocenters. The van der Waals surface area contributed by atoms with Gasteiger partial charge in [0.25, 0.3) is 0 Å². The molecular formula is C53H30S2. The Morgan fingerprint density at radius 1 is 0.309 bits per heavy atom. The van der Waals surface area contributed by atoms with E-state index in [9.17, 15) is 0 Å². The van der Waals surface area contributed by atoms with Crippen LogP contribution in [0.25, 0.3) is 95.6 Å². The van der Waals surface area contributed by atoms with Gasteiger partial charge < -0.3 is 0 Å². The molecule has 11 aromatic rings. The fourth-order valence-electron chi connectivity index (χ4n) is 10.2. The average Bonchev–Trinajstić information content (AvgIpc) is 3.98. The van der Waals surface area contributed by atoms with E-state index < -0.39 is 5.41 Å². The minimum absolute atomic E-state index is 0.484. The van der Waals surface area contributed by atoms with Crippen LogP contribution in [0.3, 0.4) is 0 Å². The summed E-state index contributed by atoms with van der Waals surface area (Å²) in [4.78, 5) is 0. The van der Waals surface area contributed by atoms with Crippen molar-refractivity contribution in [3.63, 3.8) is 0 Å². The maximum Gasteiger partial charge on any atom is 0.0731 e. The van der Waals surface area contributed by atoms with Gasteiger partial charge in [0.1, 0.15) is 0 Å². The van der Waals surface area contributed by atoms with Crippen molar-refractivity contribution in [2.45, 2.75) is 5.41 Å². The molecule has 0 fully saturated rings. The van der Waals surface area contributed by atoms with E-state index in [2.05, 4.69) is 182 Å². The molecule has 0 atom stereocenters. The van der Waals surface area contributed by atoms with E-state index in [0.29, 0.717) is 0 Å². The molecule has 254 valence electrons. The molecule has 2 heterocycles. The Labute approximate surface area is 326 Å². The van der Waals surface area contributed by atoms with Gasteiger partial charge >= 0.3 is 0 Å². The van der Waals surface area contributed by atoms with Crippen LogP contribution in [0, 0.1) is 0 Å². The first-order chi connectivity index (χ1) is 27.3. The Morgan fingerprint density at radius 2 is 0.818 bits per heavy atom. The minimum Gasteiger partial charge on any atom is -0.135 e. The molecule has 1 spiro atoms. The molecule has 0 saturated carbocycles. The van der Waals surface area contributed by atoms with Gasteiger partial charge in [-0.2, -0.15) is 0 Å².